The molecule has 0 bridgehead atoms. The number of ketones is 1. The summed E-state index contributed by atoms with van der Waals surface area (Å²) in [6.07, 6.45) is 0. The van der Waals surface area contributed by atoms with Gasteiger partial charge in [-0.3, -0.25) is 4.79 Å². The van der Waals surface area contributed by atoms with Crippen LogP contribution in [0, 0.1) is 0 Å². The first-order valence-electron chi connectivity index (χ1n) is 4.05. The molecule has 0 atom stereocenters. The number of carbonyl (C=O) groups excluding carboxylic acids is 1. The van der Waals surface area contributed by atoms with Gasteiger partial charge in [0.05, 0.1) is 0 Å². The lowest BCUT2D eigenvalue weighted by Crippen LogP contribution is -2.32. The number of nitrogens with zero attached hydrogens (tertiary/aromatic N) is 1. The molecule has 1 aromatic carbocycles. The summed E-state index contributed by atoms with van der Waals surface area (Å²) >= 11 is 0. The number of Topliss-reactive ketones (excluding diaryl/α,β-unsaturated/α-hetero) is 1. The molecule has 0 saturated heterocycles. The van der Waals surface area contributed by atoms with E-state index in [1.54, 1.807) is 24.3 Å². The van der Waals surface area contributed by atoms with E-state index in [1.807, 2.05) is 0 Å². The van der Waals surface area contributed by atoms with E-state index in [4.69, 9.17) is 11.7 Å². The van der Waals surface area contributed by atoms with Crippen LogP contribution in [0.3, 0.4) is 0 Å². The standard InChI is InChI=1S/C9H12N4O/c1-6(14)7-2-4-8(5-3-7)9(12-10)13-11/h2-5H,10-11H2,1H3,(H,12,13). The van der Waals surface area contributed by atoms with Crippen LogP contribution >= 0.6 is 0 Å². The van der Waals surface area contributed by atoms with Crippen LogP contribution in [0.1, 0.15) is 22.8 Å². The maximum Gasteiger partial charge on any atom is 0.166 e. The Bertz CT molecular complexity index is 356. The summed E-state index contributed by atoms with van der Waals surface area (Å²) in [5.74, 6) is 10.7. The molecule has 0 aliphatic rings. The van der Waals surface area contributed by atoms with Crippen molar-refractivity contribution in [1.29, 1.82) is 0 Å². The highest BCUT2D eigenvalue weighted by atomic mass is 16.1. The van der Waals surface area contributed by atoms with Gasteiger partial charge in [-0.25, -0.2) is 5.84 Å². The van der Waals surface area contributed by atoms with Crippen LogP contribution in [0.15, 0.2) is 29.4 Å². The summed E-state index contributed by atoms with van der Waals surface area (Å²) in [7, 11) is 0. The first-order chi connectivity index (χ1) is 6.69. The van der Waals surface area contributed by atoms with Crippen LogP contribution < -0.4 is 17.1 Å². The number of carbonyl (C=O) groups is 1. The molecular formula is C9H12N4O. The van der Waals surface area contributed by atoms with Gasteiger partial charge in [-0.15, -0.1) is 0 Å². The van der Waals surface area contributed by atoms with Crippen LogP contribution in [-0.4, -0.2) is 11.6 Å². The number of hydrogen-bond acceptors (Lipinski definition) is 4. The van der Waals surface area contributed by atoms with Crippen LogP contribution in [0.5, 0.6) is 0 Å². The Hall–Kier alpha value is -1.88. The van der Waals surface area contributed by atoms with Crippen LogP contribution in [0.25, 0.3) is 0 Å². The maximum atomic E-state index is 11.0. The van der Waals surface area contributed by atoms with Gasteiger partial charge in [-0.05, 0) is 6.92 Å². The second-order valence-corrected chi connectivity index (χ2v) is 2.76. The number of hydrazone groups is 1. The third-order valence-electron chi connectivity index (χ3n) is 1.83. The van der Waals surface area contributed by atoms with Crippen molar-refractivity contribution in [3.63, 3.8) is 0 Å². The molecule has 0 spiro atoms. The predicted octanol–water partition coefficient (Wildman–Crippen LogP) is -0.0272. The van der Waals surface area contributed by atoms with Crippen LogP contribution in [-0.2, 0) is 0 Å². The maximum absolute atomic E-state index is 11.0. The average molecular weight is 192 g/mol. The highest BCUT2D eigenvalue weighted by Crippen LogP contribution is 2.04. The van der Waals surface area contributed by atoms with Crippen molar-refractivity contribution in [2.45, 2.75) is 6.92 Å². The van der Waals surface area contributed by atoms with E-state index in [0.29, 0.717) is 11.4 Å². The van der Waals surface area contributed by atoms with Gasteiger partial charge in [-0.2, -0.15) is 5.10 Å². The molecule has 0 aliphatic heterocycles. The lowest BCUT2D eigenvalue weighted by Gasteiger charge is -2.03. The van der Waals surface area contributed by atoms with Gasteiger partial charge in [0.15, 0.2) is 11.6 Å². The van der Waals surface area contributed by atoms with E-state index in [2.05, 4.69) is 10.5 Å². The summed E-state index contributed by atoms with van der Waals surface area (Å²) in [4.78, 5) is 11.0. The molecule has 74 valence electrons. The average Bonchev–Trinajstić information content (AvgIpc) is 2.20. The first-order valence-corrected chi connectivity index (χ1v) is 4.05. The lowest BCUT2D eigenvalue weighted by atomic mass is 10.1. The zero-order chi connectivity index (χ0) is 10.6. The fourth-order valence-electron chi connectivity index (χ4n) is 1.06. The number of nitrogens with two attached hydrogens (primary N) is 2. The molecule has 0 aromatic heterocycles. The zero-order valence-electron chi connectivity index (χ0n) is 7.82. The summed E-state index contributed by atoms with van der Waals surface area (Å²) < 4.78 is 0. The topological polar surface area (TPSA) is 93.5 Å². The van der Waals surface area contributed by atoms with Crippen molar-refractivity contribution in [3.05, 3.63) is 35.4 Å². The van der Waals surface area contributed by atoms with Gasteiger partial charge in [0, 0.05) is 11.1 Å². The number of hydrazine groups is 1. The first kappa shape index (κ1) is 10.2. The fourth-order valence-corrected chi connectivity index (χ4v) is 1.06. The number of amidine groups is 1. The number of rotatable bonds is 2. The predicted molar refractivity (Wildman–Crippen MR) is 54.5 cm³/mol. The molecule has 0 fully saturated rings. The SMILES string of the molecule is CC(=O)c1ccc(/C(=N/N)NN)cc1. The second kappa shape index (κ2) is 4.38. The molecule has 0 radical (unpaired) electrons. The second-order valence-electron chi connectivity index (χ2n) is 2.76. The highest BCUT2D eigenvalue weighted by Gasteiger charge is 2.02. The quantitative estimate of drug-likeness (QED) is 0.202. The zero-order valence-corrected chi connectivity index (χ0v) is 7.82. The normalized spacial score (nSPS) is 11.1. The molecule has 1 rings (SSSR count). The molecule has 0 aliphatic carbocycles. The van der Waals surface area contributed by atoms with Crippen molar-refractivity contribution in [2.75, 3.05) is 0 Å². The number of nitrogens with one attached hydrogen (secondary N) is 1. The van der Waals surface area contributed by atoms with Gasteiger partial charge in [-0.1, -0.05) is 24.3 Å². The summed E-state index contributed by atoms with van der Waals surface area (Å²) in [6, 6.07) is 6.84. The van der Waals surface area contributed by atoms with Crippen LogP contribution in [0.2, 0.25) is 0 Å². The van der Waals surface area contributed by atoms with Gasteiger partial charge in [0.2, 0.25) is 0 Å². The minimum absolute atomic E-state index is 0.0171. The molecule has 5 heteroatoms. The number of benzene rings is 1. The number of hydrogen-bond donors (Lipinski definition) is 3. The van der Waals surface area contributed by atoms with E-state index in [9.17, 15) is 4.79 Å². The Morgan fingerprint density at radius 1 is 1.29 bits per heavy atom. The monoisotopic (exact) mass is 192 g/mol. The third-order valence-corrected chi connectivity index (χ3v) is 1.83. The Kier molecular flexibility index (Phi) is 3.19. The van der Waals surface area contributed by atoms with E-state index < -0.39 is 0 Å². The minimum Gasteiger partial charge on any atom is -0.321 e. The summed E-state index contributed by atoms with van der Waals surface area (Å²) in [6.45, 7) is 1.51. The molecule has 5 N–H and O–H groups in total. The fraction of sp³-hybridized carbons (Fsp3) is 0.111. The van der Waals surface area contributed by atoms with Crippen molar-refractivity contribution in [2.24, 2.45) is 16.8 Å². The largest absolute Gasteiger partial charge is 0.321 e. The molecule has 0 amide bonds. The van der Waals surface area contributed by atoms with Crippen molar-refractivity contribution >= 4 is 11.6 Å². The Morgan fingerprint density at radius 2 is 1.79 bits per heavy atom. The molecule has 14 heavy (non-hydrogen) atoms. The van der Waals surface area contributed by atoms with E-state index in [1.165, 1.54) is 6.92 Å². The lowest BCUT2D eigenvalue weighted by molar-refractivity contribution is 0.101. The Morgan fingerprint density at radius 3 is 2.14 bits per heavy atom. The minimum atomic E-state index is 0.0171. The summed E-state index contributed by atoms with van der Waals surface area (Å²) in [5.41, 5.74) is 3.73. The molecule has 5 nitrogen and oxygen atoms in total. The molecule has 0 heterocycles. The van der Waals surface area contributed by atoms with Crippen LogP contribution in [0.4, 0.5) is 0 Å². The van der Waals surface area contributed by atoms with E-state index >= 15 is 0 Å². The molecular weight excluding hydrogens is 180 g/mol. The Balaban J connectivity index is 2.99. The molecule has 0 unspecified atom stereocenters. The van der Waals surface area contributed by atoms with Gasteiger partial charge in [0.25, 0.3) is 0 Å². The molecule has 0 saturated carbocycles. The smallest absolute Gasteiger partial charge is 0.166 e. The van der Waals surface area contributed by atoms with E-state index in [-0.39, 0.29) is 5.78 Å². The van der Waals surface area contributed by atoms with Crippen molar-refractivity contribution < 1.29 is 4.79 Å². The van der Waals surface area contributed by atoms with Crippen molar-refractivity contribution in [1.82, 2.24) is 5.43 Å². The van der Waals surface area contributed by atoms with Gasteiger partial charge < -0.3 is 11.3 Å². The Labute approximate surface area is 81.8 Å². The van der Waals surface area contributed by atoms with Crippen molar-refractivity contribution in [3.8, 4) is 0 Å². The molecule has 1 aromatic rings. The van der Waals surface area contributed by atoms with Gasteiger partial charge >= 0.3 is 0 Å². The highest BCUT2D eigenvalue weighted by molar-refractivity contribution is 6.00. The van der Waals surface area contributed by atoms with Gasteiger partial charge in [0.1, 0.15) is 0 Å². The third kappa shape index (κ3) is 2.08. The summed E-state index contributed by atoms with van der Waals surface area (Å²) in [5, 5.41) is 3.45. The van der Waals surface area contributed by atoms with E-state index in [0.717, 1.165) is 5.56 Å².